The molecule has 114 valence electrons. The summed E-state index contributed by atoms with van der Waals surface area (Å²) < 4.78 is 7.00. The van der Waals surface area contributed by atoms with Crippen LogP contribution in [0.3, 0.4) is 0 Å². The summed E-state index contributed by atoms with van der Waals surface area (Å²) in [6.07, 6.45) is 1.14. The third-order valence-corrected chi connectivity index (χ3v) is 5.25. The highest BCUT2D eigenvalue weighted by Gasteiger charge is 2.06. The smallest absolute Gasteiger partial charge is 0.131 e. The van der Waals surface area contributed by atoms with Gasteiger partial charge in [0.2, 0.25) is 0 Å². The Hall–Kier alpha value is -0.910. The molecule has 0 spiro atoms. The van der Waals surface area contributed by atoms with E-state index in [4.69, 9.17) is 4.74 Å². The van der Waals surface area contributed by atoms with Crippen molar-refractivity contribution in [3.05, 3.63) is 43.8 Å². The summed E-state index contributed by atoms with van der Waals surface area (Å²) in [4.78, 5) is 4.58. The number of ether oxygens (including phenoxy) is 1. The van der Waals surface area contributed by atoms with E-state index in [2.05, 4.69) is 52.4 Å². The van der Waals surface area contributed by atoms with Crippen molar-refractivity contribution in [3.8, 4) is 5.75 Å². The monoisotopic (exact) mass is 368 g/mol. The van der Waals surface area contributed by atoms with E-state index < -0.39 is 0 Å². The summed E-state index contributed by atoms with van der Waals surface area (Å²) in [6, 6.07) is 4.10. The number of hydrogen-bond donors (Lipinski definition) is 1. The van der Waals surface area contributed by atoms with Crippen molar-refractivity contribution in [2.75, 3.05) is 6.54 Å². The third-order valence-electron chi connectivity index (χ3n) is 3.10. The Balaban J connectivity index is 1.91. The van der Waals surface area contributed by atoms with Crippen LogP contribution in [0.2, 0.25) is 0 Å². The van der Waals surface area contributed by atoms with Crippen molar-refractivity contribution < 1.29 is 4.74 Å². The Kier molecular flexibility index (Phi) is 6.21. The number of benzene rings is 1. The molecule has 2 aromatic rings. The van der Waals surface area contributed by atoms with E-state index >= 15 is 0 Å². The van der Waals surface area contributed by atoms with E-state index in [1.807, 2.05) is 12.1 Å². The largest absolute Gasteiger partial charge is 0.487 e. The second-order valence-corrected chi connectivity index (χ2v) is 6.80. The lowest BCUT2D eigenvalue weighted by Crippen LogP contribution is -2.13. The van der Waals surface area contributed by atoms with Gasteiger partial charge >= 0.3 is 0 Å². The molecule has 1 heterocycles. The van der Waals surface area contributed by atoms with Gasteiger partial charge in [0.1, 0.15) is 17.4 Å². The predicted molar refractivity (Wildman–Crippen MR) is 92.1 cm³/mol. The van der Waals surface area contributed by atoms with Crippen molar-refractivity contribution in [2.24, 2.45) is 0 Å². The maximum atomic E-state index is 5.85. The van der Waals surface area contributed by atoms with Gasteiger partial charge in [0, 0.05) is 16.4 Å². The minimum atomic E-state index is 0.519. The fourth-order valence-corrected chi connectivity index (χ4v) is 2.99. The first kappa shape index (κ1) is 16.5. The van der Waals surface area contributed by atoms with Crippen molar-refractivity contribution >= 4 is 27.3 Å². The van der Waals surface area contributed by atoms with Gasteiger partial charge in [-0.05, 0) is 50.1 Å². The normalized spacial score (nSPS) is 10.9. The van der Waals surface area contributed by atoms with E-state index in [1.165, 1.54) is 11.1 Å². The second-order valence-electron chi connectivity index (χ2n) is 5.07. The van der Waals surface area contributed by atoms with Crippen LogP contribution in [-0.4, -0.2) is 11.5 Å². The molecule has 1 N–H and O–H groups in total. The number of aromatic nitrogens is 1. The Morgan fingerprint density at radius 2 is 2.00 bits per heavy atom. The SMILES string of the molecule is CCCNCc1nc(COc2cc(C)c(Br)c(C)c2)cs1. The Bertz CT molecular complexity index is 575. The zero-order valence-electron chi connectivity index (χ0n) is 12.7. The van der Waals surface area contributed by atoms with Crippen LogP contribution in [0.4, 0.5) is 0 Å². The van der Waals surface area contributed by atoms with Crippen molar-refractivity contribution in [2.45, 2.75) is 40.3 Å². The van der Waals surface area contributed by atoms with E-state index in [-0.39, 0.29) is 0 Å². The molecular weight excluding hydrogens is 348 g/mol. The highest BCUT2D eigenvalue weighted by atomic mass is 79.9. The van der Waals surface area contributed by atoms with Crippen LogP contribution in [0.15, 0.2) is 22.0 Å². The van der Waals surface area contributed by atoms with E-state index in [9.17, 15) is 0 Å². The number of nitrogens with zero attached hydrogens (tertiary/aromatic N) is 1. The fourth-order valence-electron chi connectivity index (χ4n) is 2.02. The van der Waals surface area contributed by atoms with Crippen molar-refractivity contribution in [1.82, 2.24) is 10.3 Å². The molecule has 0 fully saturated rings. The minimum absolute atomic E-state index is 0.519. The van der Waals surface area contributed by atoms with E-state index in [0.29, 0.717) is 6.61 Å². The van der Waals surface area contributed by atoms with Crippen LogP contribution in [0.5, 0.6) is 5.75 Å². The standard InChI is InChI=1S/C16H21BrN2OS/c1-4-5-18-8-15-19-13(10-21-15)9-20-14-6-11(2)16(17)12(3)7-14/h6-7,10,18H,4-5,8-9H2,1-3H3. The topological polar surface area (TPSA) is 34.2 Å². The molecule has 0 unspecified atom stereocenters. The van der Waals surface area contributed by atoms with Crippen LogP contribution in [0, 0.1) is 13.8 Å². The summed E-state index contributed by atoms with van der Waals surface area (Å²) in [5.41, 5.74) is 3.37. The highest BCUT2D eigenvalue weighted by molar-refractivity contribution is 9.10. The van der Waals surface area contributed by atoms with Crippen molar-refractivity contribution in [3.63, 3.8) is 0 Å². The summed E-state index contributed by atoms with van der Waals surface area (Å²) in [5.74, 6) is 0.895. The number of hydrogen-bond acceptors (Lipinski definition) is 4. The molecule has 0 aliphatic carbocycles. The first-order chi connectivity index (χ1) is 10.1. The van der Waals surface area contributed by atoms with Gasteiger partial charge < -0.3 is 10.1 Å². The van der Waals surface area contributed by atoms with Crippen LogP contribution >= 0.6 is 27.3 Å². The predicted octanol–water partition coefficient (Wildman–Crippen LogP) is 4.60. The molecule has 0 amide bonds. The Morgan fingerprint density at radius 3 is 2.67 bits per heavy atom. The molecular formula is C16H21BrN2OS. The van der Waals surface area contributed by atoms with Crippen LogP contribution in [-0.2, 0) is 13.2 Å². The molecule has 2 rings (SSSR count). The maximum absolute atomic E-state index is 5.85. The number of rotatable bonds is 7. The van der Waals surface area contributed by atoms with Gasteiger partial charge in [-0.2, -0.15) is 0 Å². The van der Waals surface area contributed by atoms with Gasteiger partial charge in [-0.3, -0.25) is 0 Å². The Morgan fingerprint density at radius 1 is 1.29 bits per heavy atom. The molecule has 0 saturated heterocycles. The van der Waals surface area contributed by atoms with Gasteiger partial charge in [-0.15, -0.1) is 11.3 Å². The molecule has 0 bridgehead atoms. The lowest BCUT2D eigenvalue weighted by Gasteiger charge is -2.09. The summed E-state index contributed by atoms with van der Waals surface area (Å²) in [7, 11) is 0. The molecule has 0 radical (unpaired) electrons. The zero-order valence-corrected chi connectivity index (χ0v) is 15.1. The molecule has 1 aromatic carbocycles. The van der Waals surface area contributed by atoms with Crippen LogP contribution in [0.25, 0.3) is 0 Å². The Labute approximate surface area is 138 Å². The highest BCUT2D eigenvalue weighted by Crippen LogP contribution is 2.26. The molecule has 5 heteroatoms. The van der Waals surface area contributed by atoms with Gasteiger partial charge in [0.25, 0.3) is 0 Å². The molecule has 21 heavy (non-hydrogen) atoms. The van der Waals surface area contributed by atoms with E-state index in [1.54, 1.807) is 11.3 Å². The molecule has 0 aliphatic heterocycles. The quantitative estimate of drug-likeness (QED) is 0.725. The van der Waals surface area contributed by atoms with E-state index in [0.717, 1.165) is 40.4 Å². The average Bonchev–Trinajstić information content (AvgIpc) is 2.90. The molecule has 0 aliphatic rings. The number of thiazole rings is 1. The first-order valence-corrected chi connectivity index (χ1v) is 8.81. The summed E-state index contributed by atoms with van der Waals surface area (Å²) in [6.45, 7) is 8.70. The van der Waals surface area contributed by atoms with Crippen molar-refractivity contribution in [1.29, 1.82) is 0 Å². The first-order valence-electron chi connectivity index (χ1n) is 7.13. The fraction of sp³-hybridized carbons (Fsp3) is 0.438. The number of nitrogens with one attached hydrogen (secondary N) is 1. The van der Waals surface area contributed by atoms with Crippen LogP contribution < -0.4 is 10.1 Å². The average molecular weight is 369 g/mol. The zero-order chi connectivity index (χ0) is 15.2. The van der Waals surface area contributed by atoms with Gasteiger partial charge in [-0.1, -0.05) is 22.9 Å². The molecule has 0 saturated carbocycles. The van der Waals surface area contributed by atoms with Gasteiger partial charge in [-0.25, -0.2) is 4.98 Å². The lowest BCUT2D eigenvalue weighted by molar-refractivity contribution is 0.301. The number of aryl methyl sites for hydroxylation is 2. The van der Waals surface area contributed by atoms with Gasteiger partial charge in [0.15, 0.2) is 0 Å². The number of halogens is 1. The molecule has 1 aromatic heterocycles. The molecule has 0 atom stereocenters. The summed E-state index contributed by atoms with van der Waals surface area (Å²) in [5, 5.41) is 6.55. The maximum Gasteiger partial charge on any atom is 0.131 e. The minimum Gasteiger partial charge on any atom is -0.487 e. The van der Waals surface area contributed by atoms with Gasteiger partial charge in [0.05, 0.1) is 5.69 Å². The molecule has 3 nitrogen and oxygen atoms in total. The summed E-state index contributed by atoms with van der Waals surface area (Å²) >= 11 is 5.25. The van der Waals surface area contributed by atoms with Crippen LogP contribution in [0.1, 0.15) is 35.2 Å². The lowest BCUT2D eigenvalue weighted by atomic mass is 10.1. The third kappa shape index (κ3) is 4.80. The second kappa shape index (κ2) is 7.92.